The minimum atomic E-state index is -0.605. The molecule has 0 aliphatic rings. The summed E-state index contributed by atoms with van der Waals surface area (Å²) in [5.74, 6) is 0.650. The summed E-state index contributed by atoms with van der Waals surface area (Å²) in [6, 6.07) is 38.9. The Kier molecular flexibility index (Phi) is 9.91. The average molecular weight is 962 g/mol. The predicted octanol–water partition coefficient (Wildman–Crippen LogP) is 10.4. The molecule has 0 bridgehead atoms. The third-order valence-corrected chi connectivity index (χ3v) is 13.4. The molecule has 0 unspecified atom stereocenters. The van der Waals surface area contributed by atoms with E-state index in [1.165, 1.54) is 17.1 Å². The molecular formula is C53H32Cl2N9O4S+. The van der Waals surface area contributed by atoms with Gasteiger partial charge in [0.05, 0.1) is 40.8 Å². The highest BCUT2D eigenvalue weighted by Crippen LogP contribution is 2.39. The van der Waals surface area contributed by atoms with E-state index in [1.54, 1.807) is 54.2 Å². The van der Waals surface area contributed by atoms with E-state index in [2.05, 4.69) is 25.0 Å². The molecule has 0 saturated heterocycles. The van der Waals surface area contributed by atoms with Crippen molar-refractivity contribution in [1.82, 2.24) is 38.7 Å². The van der Waals surface area contributed by atoms with Gasteiger partial charge in [-0.05, 0) is 83.5 Å². The van der Waals surface area contributed by atoms with E-state index in [0.717, 1.165) is 48.4 Å². The highest BCUT2D eigenvalue weighted by atomic mass is 35.5. The summed E-state index contributed by atoms with van der Waals surface area (Å²) in [6.45, 7) is 0. The quantitative estimate of drug-likeness (QED) is 0.118. The monoisotopic (exact) mass is 960 g/mol. The van der Waals surface area contributed by atoms with Gasteiger partial charge in [0, 0.05) is 66.7 Å². The third-order valence-electron chi connectivity index (χ3n) is 12.4. The number of aromatic nitrogens is 9. The van der Waals surface area contributed by atoms with Gasteiger partial charge in [-0.25, -0.2) is 23.4 Å². The van der Waals surface area contributed by atoms with Crippen molar-refractivity contribution >= 4 is 84.4 Å². The number of halogens is 2. The zero-order valence-corrected chi connectivity index (χ0v) is 38.3. The van der Waals surface area contributed by atoms with E-state index in [1.807, 2.05) is 114 Å². The average Bonchev–Trinajstić information content (AvgIpc) is 3.85. The van der Waals surface area contributed by atoms with Crippen LogP contribution in [-0.2, 0) is 0 Å². The Morgan fingerprint density at radius 3 is 2.17 bits per heavy atom. The molecule has 13 nitrogen and oxygen atoms in total. The van der Waals surface area contributed by atoms with Gasteiger partial charge in [-0.1, -0.05) is 89.9 Å². The van der Waals surface area contributed by atoms with Crippen molar-refractivity contribution in [2.45, 2.75) is 0 Å². The first kappa shape index (κ1) is 41.8. The van der Waals surface area contributed by atoms with Gasteiger partial charge >= 0.3 is 5.69 Å². The molecule has 0 atom stereocenters. The van der Waals surface area contributed by atoms with Crippen LogP contribution in [0.1, 0.15) is 0 Å². The van der Waals surface area contributed by atoms with Crippen molar-refractivity contribution in [2.24, 2.45) is 0 Å². The van der Waals surface area contributed by atoms with Crippen molar-refractivity contribution in [3.05, 3.63) is 211 Å². The lowest BCUT2D eigenvalue weighted by Gasteiger charge is -2.15. The highest BCUT2D eigenvalue weighted by molar-refractivity contribution is 7.71. The van der Waals surface area contributed by atoms with E-state index in [9.17, 15) is 14.4 Å². The molecule has 0 radical (unpaired) electrons. The molecule has 0 aliphatic heterocycles. The van der Waals surface area contributed by atoms with Gasteiger partial charge in [0.25, 0.3) is 16.8 Å². The molecule has 6 aromatic carbocycles. The Hall–Kier alpha value is -8.56. The Morgan fingerprint density at radius 1 is 0.638 bits per heavy atom. The number of ether oxygens (including phenoxy) is 1. The number of nitrogens with one attached hydrogen (secondary N) is 2. The van der Waals surface area contributed by atoms with Gasteiger partial charge < -0.3 is 14.7 Å². The lowest BCUT2D eigenvalue weighted by molar-refractivity contribution is -0.592. The molecule has 69 heavy (non-hydrogen) atoms. The van der Waals surface area contributed by atoms with Crippen LogP contribution in [0.5, 0.6) is 5.75 Å². The number of H-pyrrole nitrogens is 2. The summed E-state index contributed by atoms with van der Waals surface area (Å²) in [7, 11) is 1.59. The van der Waals surface area contributed by atoms with E-state index in [4.69, 9.17) is 40.2 Å². The van der Waals surface area contributed by atoms with E-state index >= 15 is 0 Å². The lowest BCUT2D eigenvalue weighted by atomic mass is 9.94. The van der Waals surface area contributed by atoms with Crippen LogP contribution in [-0.4, -0.2) is 45.8 Å². The number of hydrogen-bond acceptors (Lipinski definition) is 8. The number of benzene rings is 6. The molecule has 16 heteroatoms. The second-order valence-electron chi connectivity index (χ2n) is 16.3. The summed E-state index contributed by atoms with van der Waals surface area (Å²) in [6.07, 6.45) is 10.4. The van der Waals surface area contributed by atoms with Crippen LogP contribution in [0.2, 0.25) is 10.0 Å². The van der Waals surface area contributed by atoms with Crippen molar-refractivity contribution < 1.29 is 9.30 Å². The minimum absolute atomic E-state index is 0.190. The maximum Gasteiger partial charge on any atom is 0.333 e. The minimum Gasteiger partial charge on any atom is -0.497 e. The summed E-state index contributed by atoms with van der Waals surface area (Å²) < 4.78 is 11.8. The van der Waals surface area contributed by atoms with E-state index in [-0.39, 0.29) is 10.3 Å². The van der Waals surface area contributed by atoms with Crippen LogP contribution in [0.4, 0.5) is 0 Å². The lowest BCUT2D eigenvalue weighted by Crippen LogP contribution is -2.33. The summed E-state index contributed by atoms with van der Waals surface area (Å²) >= 11 is 19.7. The summed E-state index contributed by atoms with van der Waals surface area (Å²) in [5.41, 5.74) is 5.89. The molecule has 0 amide bonds. The molecular weight excluding hydrogens is 930 g/mol. The van der Waals surface area contributed by atoms with Crippen LogP contribution in [0, 0.1) is 4.77 Å². The molecule has 12 rings (SSSR count). The molecule has 0 aliphatic carbocycles. The molecule has 6 aromatic heterocycles. The highest BCUT2D eigenvalue weighted by Gasteiger charge is 2.24. The van der Waals surface area contributed by atoms with Gasteiger partial charge in [0.1, 0.15) is 17.8 Å². The summed E-state index contributed by atoms with van der Waals surface area (Å²) in [4.78, 5) is 57.7. The van der Waals surface area contributed by atoms with Crippen molar-refractivity contribution in [3.63, 3.8) is 0 Å². The topological polar surface area (TPSA) is 149 Å². The number of aromatic amines is 2. The van der Waals surface area contributed by atoms with Crippen LogP contribution < -0.4 is 26.1 Å². The zero-order chi connectivity index (χ0) is 47.1. The SMILES string of the molecule is COc1ccc(Cl)c(-c2ccc3c(=O)n(-c4c[n+](-c5cc(-c6cccc(Cl)c6-c6ccc7c(=O)n(-c8cncc9ccccc89)c(=O)[nH]c7c6)cn6ncnc56)cc5ccccc45)c(=S)[nH]c3c2)c1. The molecule has 2 N–H and O–H groups in total. The van der Waals surface area contributed by atoms with Crippen molar-refractivity contribution in [3.8, 4) is 56.2 Å². The number of methoxy groups -OCH3 is 1. The second kappa shape index (κ2) is 16.3. The van der Waals surface area contributed by atoms with Crippen molar-refractivity contribution in [1.29, 1.82) is 0 Å². The van der Waals surface area contributed by atoms with Gasteiger partial charge in [-0.2, -0.15) is 9.67 Å². The largest absolute Gasteiger partial charge is 0.497 e. The Balaban J connectivity index is 0.997. The van der Waals surface area contributed by atoms with Gasteiger partial charge in [0.15, 0.2) is 17.2 Å². The van der Waals surface area contributed by atoms with Crippen LogP contribution in [0.15, 0.2) is 179 Å². The Labute approximate surface area is 404 Å². The zero-order valence-electron chi connectivity index (χ0n) is 36.0. The van der Waals surface area contributed by atoms with Crippen LogP contribution in [0.25, 0.3) is 99.4 Å². The fourth-order valence-electron chi connectivity index (χ4n) is 9.18. The fourth-order valence-corrected chi connectivity index (χ4v) is 9.98. The first-order chi connectivity index (χ1) is 33.6. The third kappa shape index (κ3) is 6.91. The Bertz CT molecular complexity index is 4400. The van der Waals surface area contributed by atoms with E-state index in [0.29, 0.717) is 71.4 Å². The van der Waals surface area contributed by atoms with Gasteiger partial charge in [-0.3, -0.25) is 14.6 Å². The number of pyridine rings is 3. The molecule has 0 spiro atoms. The van der Waals surface area contributed by atoms with Crippen LogP contribution in [0.3, 0.4) is 0 Å². The normalized spacial score (nSPS) is 11.6. The standard InChI is InChI=1S/C53H31Cl2N9O4S/c1-68-34-15-18-41(54)40(22-34)29-13-16-39-44(19-29)60-53(69)64(51(39)66)47-27-61(25-32-8-3-5-10-36(32)47)45-21-33(26-62-49(45)57-28-58-62)37-11-6-12-42(55)48(37)30-14-17-38-43(20-30)59-52(67)63(50(38)65)46-24-56-23-31-7-2-4-9-35(31)46/h2-28H,1H3,(H-,59,60,65,66,67,69)/p+1. The van der Waals surface area contributed by atoms with Gasteiger partial charge in [0.2, 0.25) is 5.65 Å². The maximum atomic E-state index is 14.7. The van der Waals surface area contributed by atoms with Crippen LogP contribution >= 0.6 is 35.4 Å². The predicted molar refractivity (Wildman–Crippen MR) is 272 cm³/mol. The van der Waals surface area contributed by atoms with E-state index < -0.39 is 11.2 Å². The molecule has 0 fully saturated rings. The second-order valence-corrected chi connectivity index (χ2v) is 17.5. The molecule has 0 saturated carbocycles. The fraction of sp³-hybridized carbons (Fsp3) is 0.0189. The van der Waals surface area contributed by atoms with Crippen molar-refractivity contribution in [2.75, 3.05) is 7.11 Å². The Morgan fingerprint density at radius 2 is 1.36 bits per heavy atom. The first-order valence-electron chi connectivity index (χ1n) is 21.5. The number of nitrogens with zero attached hydrogens (tertiary/aromatic N) is 7. The molecule has 332 valence electrons. The number of hydrogen-bond donors (Lipinski definition) is 2. The van der Waals surface area contributed by atoms with Gasteiger partial charge in [-0.15, -0.1) is 0 Å². The first-order valence-corrected chi connectivity index (χ1v) is 22.6. The molecule has 12 aromatic rings. The number of rotatable bonds is 7. The molecule has 6 heterocycles. The number of fused-ring (bicyclic) bond motifs is 5. The maximum absolute atomic E-state index is 14.7. The smallest absolute Gasteiger partial charge is 0.333 e. The summed E-state index contributed by atoms with van der Waals surface area (Å²) in [5, 5.41) is 9.40.